The summed E-state index contributed by atoms with van der Waals surface area (Å²) in [5, 5.41) is 0. The number of hydrogen-bond donors (Lipinski definition) is 0. The van der Waals surface area contributed by atoms with Gasteiger partial charge in [0.1, 0.15) is 11.5 Å². The van der Waals surface area contributed by atoms with Crippen molar-refractivity contribution in [3.63, 3.8) is 0 Å². The molecule has 1 aliphatic heterocycles. The van der Waals surface area contributed by atoms with Crippen molar-refractivity contribution in [2.24, 2.45) is 4.99 Å². The number of ether oxygens (including phenoxy) is 3. The summed E-state index contributed by atoms with van der Waals surface area (Å²) in [6.07, 6.45) is 1.69. The molecule has 0 bridgehead atoms. The van der Waals surface area contributed by atoms with Gasteiger partial charge in [-0.15, -0.1) is 0 Å². The van der Waals surface area contributed by atoms with E-state index in [1.165, 1.54) is 23.0 Å². The summed E-state index contributed by atoms with van der Waals surface area (Å²) in [6.45, 7) is 5.67. The maximum atomic E-state index is 14.0. The van der Waals surface area contributed by atoms with Crippen molar-refractivity contribution in [3.8, 4) is 22.8 Å². The minimum Gasteiger partial charge on any atom is -0.493 e. The highest BCUT2D eigenvalue weighted by molar-refractivity contribution is 9.10. The fourth-order valence-corrected chi connectivity index (χ4v) is 6.94. The fraction of sp³-hybridized carbons (Fsp3) is 0.233. The second kappa shape index (κ2) is 11.8. The van der Waals surface area contributed by atoms with E-state index in [1.54, 1.807) is 39.2 Å². The van der Waals surface area contributed by atoms with Crippen molar-refractivity contribution in [2.75, 3.05) is 20.8 Å². The van der Waals surface area contributed by atoms with Crippen LogP contribution in [0.3, 0.4) is 0 Å². The molecule has 0 aliphatic carbocycles. The highest BCUT2D eigenvalue weighted by atomic mass is 79.9. The minimum atomic E-state index is -0.822. The van der Waals surface area contributed by atoms with Crippen LogP contribution in [0.25, 0.3) is 17.4 Å². The third-order valence-corrected chi connectivity index (χ3v) is 8.93. The zero-order valence-electron chi connectivity index (χ0n) is 22.9. The van der Waals surface area contributed by atoms with Gasteiger partial charge in [-0.05, 0) is 68.3 Å². The number of carbonyl (C=O) groups excluding carboxylic acids is 1. The molecule has 0 fully saturated rings. The number of methoxy groups -OCH3 is 2. The number of esters is 1. The van der Waals surface area contributed by atoms with E-state index in [9.17, 15) is 9.59 Å². The molecule has 0 saturated carbocycles. The van der Waals surface area contributed by atoms with E-state index >= 15 is 0 Å². The summed E-state index contributed by atoms with van der Waals surface area (Å²) in [4.78, 5) is 32.3. The first-order valence-electron chi connectivity index (χ1n) is 12.6. The summed E-state index contributed by atoms with van der Waals surface area (Å²) in [7, 11) is 3.07. The molecule has 1 aliphatic rings. The van der Waals surface area contributed by atoms with Crippen LogP contribution in [-0.4, -0.2) is 31.4 Å². The normalized spacial score (nSPS) is 15.0. The van der Waals surface area contributed by atoms with Crippen LogP contribution in [0.1, 0.15) is 36.8 Å². The summed E-state index contributed by atoms with van der Waals surface area (Å²) in [5.41, 5.74) is 3.07. The number of benzene rings is 2. The van der Waals surface area contributed by atoms with Gasteiger partial charge in [0.2, 0.25) is 0 Å². The molecule has 5 rings (SSSR count). The van der Waals surface area contributed by atoms with Gasteiger partial charge in [-0.25, -0.2) is 9.79 Å². The van der Waals surface area contributed by atoms with Gasteiger partial charge < -0.3 is 18.6 Å². The van der Waals surface area contributed by atoms with Crippen LogP contribution in [0.2, 0.25) is 0 Å². The zero-order valence-corrected chi connectivity index (χ0v) is 26.9. The van der Waals surface area contributed by atoms with Crippen molar-refractivity contribution in [1.82, 2.24) is 4.57 Å². The molecule has 212 valence electrons. The lowest BCUT2D eigenvalue weighted by atomic mass is 9.95. The lowest BCUT2D eigenvalue weighted by molar-refractivity contribution is -0.139. The number of hydrogen-bond acceptors (Lipinski definition) is 8. The van der Waals surface area contributed by atoms with Gasteiger partial charge in [-0.3, -0.25) is 9.36 Å². The van der Waals surface area contributed by atoms with Gasteiger partial charge in [-0.2, -0.15) is 0 Å². The number of allylic oxidation sites excluding steroid dienone is 1. The Labute approximate surface area is 256 Å². The average Bonchev–Trinajstić information content (AvgIpc) is 3.51. The molecular formula is C30H26Br2N2O6S. The van der Waals surface area contributed by atoms with Crippen molar-refractivity contribution in [2.45, 2.75) is 26.8 Å². The zero-order chi connectivity index (χ0) is 29.4. The predicted octanol–water partition coefficient (Wildman–Crippen LogP) is 5.91. The van der Waals surface area contributed by atoms with Crippen molar-refractivity contribution >= 4 is 55.2 Å². The molecule has 1 unspecified atom stereocenters. The number of carbonyl (C=O) groups is 1. The van der Waals surface area contributed by atoms with Crippen LogP contribution >= 0.6 is 43.2 Å². The second-order valence-corrected chi connectivity index (χ2v) is 11.9. The maximum Gasteiger partial charge on any atom is 0.338 e. The van der Waals surface area contributed by atoms with Crippen LogP contribution in [-0.2, 0) is 9.53 Å². The summed E-state index contributed by atoms with van der Waals surface area (Å²) in [6, 6.07) is 12.4. The molecule has 0 spiro atoms. The number of nitrogens with zero attached hydrogens (tertiary/aromatic N) is 2. The van der Waals surface area contributed by atoms with Crippen LogP contribution in [0, 0.1) is 6.92 Å². The highest BCUT2D eigenvalue weighted by Crippen LogP contribution is 2.41. The second-order valence-electron chi connectivity index (χ2n) is 9.22. The molecule has 41 heavy (non-hydrogen) atoms. The Morgan fingerprint density at radius 3 is 2.49 bits per heavy atom. The van der Waals surface area contributed by atoms with Gasteiger partial charge in [0.15, 0.2) is 16.3 Å². The van der Waals surface area contributed by atoms with Crippen molar-refractivity contribution < 1.29 is 23.4 Å². The van der Waals surface area contributed by atoms with E-state index in [0.29, 0.717) is 48.1 Å². The molecule has 0 saturated heterocycles. The number of aromatic nitrogens is 1. The lowest BCUT2D eigenvalue weighted by Gasteiger charge is -2.26. The first-order valence-corrected chi connectivity index (χ1v) is 15.0. The van der Waals surface area contributed by atoms with Crippen LogP contribution in [0.15, 0.2) is 76.9 Å². The highest BCUT2D eigenvalue weighted by Gasteiger charge is 2.35. The molecule has 0 amide bonds. The number of halogens is 2. The predicted molar refractivity (Wildman–Crippen MR) is 164 cm³/mol. The molecule has 4 aromatic rings. The Kier molecular flexibility index (Phi) is 8.40. The van der Waals surface area contributed by atoms with Crippen LogP contribution in [0.4, 0.5) is 0 Å². The SMILES string of the molecule is CCOC(=O)C1=C(C)N=c2s/c(=C\c3ccc(-c4ccc(C)cc4Br)o3)c(=O)n2C1c1cc(OC)c(OC)cc1Br. The molecule has 3 heterocycles. The number of rotatable bonds is 7. The minimum absolute atomic E-state index is 0.178. The third kappa shape index (κ3) is 5.45. The Morgan fingerprint density at radius 2 is 1.80 bits per heavy atom. The first kappa shape index (κ1) is 29.1. The Bertz CT molecular complexity index is 1890. The Morgan fingerprint density at radius 1 is 1.07 bits per heavy atom. The van der Waals surface area contributed by atoms with E-state index < -0.39 is 12.0 Å². The molecule has 8 nitrogen and oxygen atoms in total. The molecular weight excluding hydrogens is 676 g/mol. The van der Waals surface area contributed by atoms with Gasteiger partial charge in [0, 0.05) is 20.6 Å². The van der Waals surface area contributed by atoms with E-state index in [2.05, 4.69) is 36.9 Å². The lowest BCUT2D eigenvalue weighted by Crippen LogP contribution is -2.40. The summed E-state index contributed by atoms with van der Waals surface area (Å²) >= 11 is 8.44. The van der Waals surface area contributed by atoms with Gasteiger partial charge in [-0.1, -0.05) is 49.3 Å². The van der Waals surface area contributed by atoms with Crippen molar-refractivity contribution in [3.05, 3.63) is 99.3 Å². The van der Waals surface area contributed by atoms with Crippen LogP contribution in [0.5, 0.6) is 11.5 Å². The van der Waals surface area contributed by atoms with E-state index in [4.69, 9.17) is 18.6 Å². The third-order valence-electron chi connectivity index (χ3n) is 6.60. The topological polar surface area (TPSA) is 92.3 Å². The number of furan rings is 1. The van der Waals surface area contributed by atoms with Crippen LogP contribution < -0.4 is 24.4 Å². The van der Waals surface area contributed by atoms with Crippen molar-refractivity contribution in [1.29, 1.82) is 0 Å². The van der Waals surface area contributed by atoms with E-state index in [-0.39, 0.29) is 17.7 Å². The molecule has 0 radical (unpaired) electrons. The number of fused-ring (bicyclic) bond motifs is 1. The van der Waals surface area contributed by atoms with Gasteiger partial charge >= 0.3 is 5.97 Å². The smallest absolute Gasteiger partial charge is 0.338 e. The monoisotopic (exact) mass is 700 g/mol. The van der Waals surface area contributed by atoms with Gasteiger partial charge in [0.25, 0.3) is 5.56 Å². The Balaban J connectivity index is 1.68. The Hall–Kier alpha value is -3.41. The molecule has 2 aromatic heterocycles. The molecule has 2 aromatic carbocycles. The average molecular weight is 702 g/mol. The fourth-order valence-electron chi connectivity index (χ4n) is 4.69. The molecule has 0 N–H and O–H groups in total. The standard InChI is InChI=1S/C30H26Br2N2O6S/c1-6-39-29(36)26-16(3)33-30-34(27(26)19-13-23(37-4)24(38-5)14-21(19)32)28(35)25(41-30)12-17-8-10-22(40-17)18-9-7-15(2)11-20(18)31/h7-14,27H,6H2,1-5H3/b25-12-. The van der Waals surface area contributed by atoms with E-state index in [0.717, 1.165) is 15.6 Å². The number of aryl methyl sites for hydroxylation is 1. The largest absolute Gasteiger partial charge is 0.493 e. The maximum absolute atomic E-state index is 14.0. The quantitative estimate of drug-likeness (QED) is 0.223. The molecule has 11 heteroatoms. The summed E-state index contributed by atoms with van der Waals surface area (Å²) < 4.78 is 26.0. The van der Waals surface area contributed by atoms with Gasteiger partial charge in [0.05, 0.1) is 42.7 Å². The summed E-state index contributed by atoms with van der Waals surface area (Å²) in [5.74, 6) is 1.60. The van der Waals surface area contributed by atoms with E-state index in [1.807, 2.05) is 37.3 Å². The number of thiazole rings is 1. The first-order chi connectivity index (χ1) is 19.7. The molecule has 1 atom stereocenters.